The van der Waals surface area contributed by atoms with Crippen LogP contribution in [0.3, 0.4) is 0 Å². The van der Waals surface area contributed by atoms with Crippen molar-refractivity contribution in [2.24, 2.45) is 0 Å². The summed E-state index contributed by atoms with van der Waals surface area (Å²) in [7, 11) is -10.5. The largest absolute Gasteiger partial charge is 0.501 e. The molecule has 0 amide bonds. The average molecular weight is 687 g/mol. The zero-order valence-corrected chi connectivity index (χ0v) is 26.5. The molecule has 1 saturated heterocycles. The predicted molar refractivity (Wildman–Crippen MR) is 164 cm³/mol. The molecule has 3 N–H and O–H groups in total. The van der Waals surface area contributed by atoms with Crippen molar-refractivity contribution in [2.45, 2.75) is 45.6 Å². The van der Waals surface area contributed by atoms with Gasteiger partial charge in [0.15, 0.2) is 0 Å². The van der Waals surface area contributed by atoms with Gasteiger partial charge in [-0.3, -0.25) is 9.62 Å². The number of aromatic nitrogens is 2. The summed E-state index contributed by atoms with van der Waals surface area (Å²) in [6.45, 7) is 4.12. The first-order valence-corrected chi connectivity index (χ1v) is 18.2. The summed E-state index contributed by atoms with van der Waals surface area (Å²) in [6.07, 6.45) is 2.10. The molecule has 3 heterocycles. The number of morpholine rings is 1. The Kier molecular flexibility index (Phi) is 10.6. The molecule has 3 aromatic rings. The van der Waals surface area contributed by atoms with Crippen molar-refractivity contribution in [3.63, 3.8) is 0 Å². The molecule has 11 nitrogen and oxygen atoms in total. The third-order valence-corrected chi connectivity index (χ3v) is 11.5. The smallest absolute Gasteiger partial charge is 0.380 e. The number of halogens is 3. The van der Waals surface area contributed by atoms with Crippen LogP contribution < -0.4 is 15.4 Å². The summed E-state index contributed by atoms with van der Waals surface area (Å²) in [5.74, 6) is 0.403. The van der Waals surface area contributed by atoms with Gasteiger partial charge in [-0.2, -0.15) is 13.2 Å². The summed E-state index contributed by atoms with van der Waals surface area (Å²) >= 11 is 1.47. The van der Waals surface area contributed by atoms with E-state index in [0.29, 0.717) is 81.9 Å². The number of ether oxygens (including phenoxy) is 1. The zero-order chi connectivity index (χ0) is 32.1. The maximum absolute atomic E-state index is 13.9. The SMILES string of the molecule is O=S(=O)(Nc1ncnc2c1CCNC2)c1ccc(N[C@H](CCN2CCOCC2)CSc2ccccc2)c(S(=O)(=O)C(F)(F)F)c1. The van der Waals surface area contributed by atoms with Crippen LogP contribution in [-0.2, 0) is 37.6 Å². The molecule has 1 fully saturated rings. The number of nitrogens with zero attached hydrogens (tertiary/aromatic N) is 3. The van der Waals surface area contributed by atoms with E-state index in [1.165, 1.54) is 18.1 Å². The van der Waals surface area contributed by atoms with Gasteiger partial charge >= 0.3 is 5.51 Å². The topological polar surface area (TPSA) is 143 Å². The van der Waals surface area contributed by atoms with Crippen molar-refractivity contribution < 1.29 is 34.7 Å². The van der Waals surface area contributed by atoms with Crippen molar-refractivity contribution in [1.29, 1.82) is 0 Å². The number of sulfone groups is 1. The van der Waals surface area contributed by atoms with Gasteiger partial charge in [0.05, 0.1) is 29.5 Å². The van der Waals surface area contributed by atoms with Crippen LogP contribution in [-0.4, -0.2) is 88.4 Å². The number of alkyl halides is 3. The molecule has 5 rings (SSSR count). The third-order valence-electron chi connectivity index (χ3n) is 7.42. The molecule has 0 unspecified atom stereocenters. The molecule has 2 aliphatic heterocycles. The Balaban J connectivity index is 1.46. The van der Waals surface area contributed by atoms with Crippen LogP contribution in [0.5, 0.6) is 0 Å². The number of fused-ring (bicyclic) bond motifs is 1. The monoisotopic (exact) mass is 686 g/mol. The summed E-state index contributed by atoms with van der Waals surface area (Å²) in [5, 5.41) is 6.12. The fourth-order valence-corrected chi connectivity index (χ4v) is 8.07. The zero-order valence-electron chi connectivity index (χ0n) is 24.1. The summed E-state index contributed by atoms with van der Waals surface area (Å²) in [6, 6.07) is 11.7. The van der Waals surface area contributed by atoms with E-state index in [4.69, 9.17) is 4.74 Å². The number of nitrogens with one attached hydrogen (secondary N) is 3. The van der Waals surface area contributed by atoms with E-state index in [-0.39, 0.29) is 11.5 Å². The summed E-state index contributed by atoms with van der Waals surface area (Å²) in [5.41, 5.74) is -4.86. The molecule has 1 atom stereocenters. The molecule has 0 spiro atoms. The highest BCUT2D eigenvalue weighted by atomic mass is 32.2. The maximum atomic E-state index is 13.9. The van der Waals surface area contributed by atoms with E-state index in [2.05, 4.69) is 30.2 Å². The molecule has 0 saturated carbocycles. The maximum Gasteiger partial charge on any atom is 0.501 e. The number of hydrogen-bond donors (Lipinski definition) is 3. The molecule has 2 aliphatic rings. The van der Waals surface area contributed by atoms with Gasteiger partial charge in [-0.1, -0.05) is 18.2 Å². The summed E-state index contributed by atoms with van der Waals surface area (Å²) in [4.78, 5) is 9.45. The molecule has 1 aromatic heterocycles. The molecule has 244 valence electrons. The number of sulfonamides is 1. The fraction of sp³-hybridized carbons (Fsp3) is 0.429. The first-order valence-electron chi connectivity index (χ1n) is 14.2. The Morgan fingerprint density at radius 3 is 2.53 bits per heavy atom. The van der Waals surface area contributed by atoms with Crippen LogP contribution in [0.2, 0.25) is 0 Å². The Hall–Kier alpha value is -2.96. The molecule has 0 aliphatic carbocycles. The minimum absolute atomic E-state index is 0.00922. The van der Waals surface area contributed by atoms with Crippen LogP contribution in [0.25, 0.3) is 0 Å². The average Bonchev–Trinajstić information content (AvgIpc) is 3.03. The second-order valence-electron chi connectivity index (χ2n) is 10.5. The Labute approximate surface area is 264 Å². The van der Waals surface area contributed by atoms with Crippen LogP contribution in [0.4, 0.5) is 24.7 Å². The van der Waals surface area contributed by atoms with Gasteiger partial charge < -0.3 is 15.4 Å². The number of thioether (sulfide) groups is 1. The minimum atomic E-state index is -5.95. The lowest BCUT2D eigenvalue weighted by Gasteiger charge is -2.29. The van der Waals surface area contributed by atoms with Crippen molar-refractivity contribution in [2.75, 3.05) is 55.2 Å². The van der Waals surface area contributed by atoms with E-state index in [0.717, 1.165) is 17.0 Å². The van der Waals surface area contributed by atoms with Crippen LogP contribution in [0.15, 0.2) is 69.5 Å². The molecule has 17 heteroatoms. The van der Waals surface area contributed by atoms with Crippen LogP contribution in [0.1, 0.15) is 17.7 Å². The van der Waals surface area contributed by atoms with Gasteiger partial charge in [0, 0.05) is 48.4 Å². The lowest BCUT2D eigenvalue weighted by molar-refractivity contribution is -0.0435. The Bertz CT molecular complexity index is 1690. The fourth-order valence-electron chi connectivity index (χ4n) is 4.99. The van der Waals surface area contributed by atoms with Crippen LogP contribution >= 0.6 is 11.8 Å². The quantitative estimate of drug-likeness (QED) is 0.241. The minimum Gasteiger partial charge on any atom is -0.380 e. The highest BCUT2D eigenvalue weighted by Gasteiger charge is 2.48. The van der Waals surface area contributed by atoms with Gasteiger partial charge in [-0.25, -0.2) is 26.8 Å². The second-order valence-corrected chi connectivity index (χ2v) is 15.2. The normalized spacial score (nSPS) is 17.0. The van der Waals surface area contributed by atoms with Gasteiger partial charge in [0.25, 0.3) is 19.9 Å². The number of benzene rings is 2. The van der Waals surface area contributed by atoms with Crippen molar-refractivity contribution in [1.82, 2.24) is 20.2 Å². The molecule has 45 heavy (non-hydrogen) atoms. The van der Waals surface area contributed by atoms with E-state index in [9.17, 15) is 30.0 Å². The molecule has 0 radical (unpaired) electrons. The molecular formula is C28H33F3N6O5S3. The van der Waals surface area contributed by atoms with Crippen molar-refractivity contribution >= 4 is 43.1 Å². The van der Waals surface area contributed by atoms with Crippen molar-refractivity contribution in [3.8, 4) is 0 Å². The van der Waals surface area contributed by atoms with E-state index in [1.807, 2.05) is 30.3 Å². The molecule has 0 bridgehead atoms. The first kappa shape index (κ1) is 33.4. The standard InChI is InChI=1S/C28H33F3N6O5S3/c29-28(30,31)44(38,39)26-16-22(45(40,41)36-27-23-8-10-32-17-25(23)33-19-34-27)6-7-24(26)35-20(9-11-37-12-14-42-15-13-37)18-43-21-4-2-1-3-5-21/h1-7,16,19-20,32,35H,8-15,17-18H2,(H,33,34,36)/t20-/m1/s1. The Morgan fingerprint density at radius 2 is 1.80 bits per heavy atom. The lowest BCUT2D eigenvalue weighted by atomic mass is 10.1. The van der Waals surface area contributed by atoms with Gasteiger partial charge in [-0.15, -0.1) is 11.8 Å². The van der Waals surface area contributed by atoms with Crippen molar-refractivity contribution in [3.05, 3.63) is 66.1 Å². The Morgan fingerprint density at radius 1 is 1.04 bits per heavy atom. The van der Waals surface area contributed by atoms with E-state index in [1.54, 1.807) is 0 Å². The third kappa shape index (κ3) is 8.26. The lowest BCUT2D eigenvalue weighted by Crippen LogP contribution is -2.39. The summed E-state index contributed by atoms with van der Waals surface area (Å²) < 4.78 is 102. The second kappa shape index (κ2) is 14.2. The molecule has 2 aromatic carbocycles. The van der Waals surface area contributed by atoms with Gasteiger partial charge in [0.2, 0.25) is 0 Å². The van der Waals surface area contributed by atoms with Gasteiger partial charge in [0.1, 0.15) is 17.0 Å². The highest BCUT2D eigenvalue weighted by Crippen LogP contribution is 2.37. The number of hydrogen-bond acceptors (Lipinski definition) is 11. The van der Waals surface area contributed by atoms with Crippen LogP contribution in [0, 0.1) is 0 Å². The van der Waals surface area contributed by atoms with E-state index < -0.39 is 41.2 Å². The molecular weight excluding hydrogens is 654 g/mol. The van der Waals surface area contributed by atoms with E-state index >= 15 is 0 Å². The number of anilines is 2. The predicted octanol–water partition coefficient (Wildman–Crippen LogP) is 3.51. The van der Waals surface area contributed by atoms with Gasteiger partial charge in [-0.05, 0) is 49.7 Å². The number of rotatable bonds is 12. The highest BCUT2D eigenvalue weighted by molar-refractivity contribution is 7.99. The first-order chi connectivity index (χ1) is 21.4.